The van der Waals surface area contributed by atoms with Crippen LogP contribution >= 0.6 is 11.6 Å². The lowest BCUT2D eigenvalue weighted by molar-refractivity contribution is -0.0647. The highest BCUT2D eigenvalue weighted by atomic mass is 35.5. The molecule has 1 N–H and O–H groups in total. The Kier molecular flexibility index (Phi) is 2.58. The van der Waals surface area contributed by atoms with Crippen LogP contribution in [-0.2, 0) is 11.3 Å². The SMILES string of the molecule is F[C@@H]1CCN[C@H]2c3ccc(Cl)nc3CO[C@@H]12. The van der Waals surface area contributed by atoms with Crippen LogP contribution < -0.4 is 5.32 Å². The van der Waals surface area contributed by atoms with Crippen LogP contribution in [0.25, 0.3) is 0 Å². The fourth-order valence-corrected chi connectivity index (χ4v) is 2.58. The second-order valence-electron chi connectivity index (χ2n) is 4.18. The number of nitrogens with one attached hydrogen (secondary N) is 1. The van der Waals surface area contributed by atoms with Crippen LogP contribution in [0.5, 0.6) is 0 Å². The number of hydrogen-bond donors (Lipinski definition) is 1. The molecule has 3 atom stereocenters. The van der Waals surface area contributed by atoms with E-state index < -0.39 is 6.17 Å². The Balaban J connectivity index is 1.99. The zero-order chi connectivity index (χ0) is 11.1. The molecule has 2 aliphatic heterocycles. The molecule has 1 aromatic rings. The highest BCUT2D eigenvalue weighted by molar-refractivity contribution is 6.29. The zero-order valence-corrected chi connectivity index (χ0v) is 9.38. The van der Waals surface area contributed by atoms with Crippen molar-refractivity contribution < 1.29 is 9.13 Å². The van der Waals surface area contributed by atoms with Gasteiger partial charge in [0.1, 0.15) is 17.4 Å². The summed E-state index contributed by atoms with van der Waals surface area (Å²) in [4.78, 5) is 4.21. The third-order valence-corrected chi connectivity index (χ3v) is 3.40. The van der Waals surface area contributed by atoms with E-state index in [1.165, 1.54) is 0 Å². The van der Waals surface area contributed by atoms with Crippen LogP contribution in [0.3, 0.4) is 0 Å². The Bertz CT molecular complexity index is 415. The van der Waals surface area contributed by atoms with Gasteiger partial charge in [0.25, 0.3) is 0 Å². The second kappa shape index (κ2) is 3.95. The predicted molar refractivity (Wildman–Crippen MR) is 58.1 cm³/mol. The van der Waals surface area contributed by atoms with Gasteiger partial charge in [-0.15, -0.1) is 0 Å². The van der Waals surface area contributed by atoms with E-state index in [2.05, 4.69) is 10.3 Å². The smallest absolute Gasteiger partial charge is 0.129 e. The number of pyridine rings is 1. The van der Waals surface area contributed by atoms with Gasteiger partial charge in [-0.3, -0.25) is 0 Å². The molecule has 3 rings (SSSR count). The standard InChI is InChI=1S/C11H12ClFN2O/c12-9-2-1-6-8(15-9)5-16-11-7(13)3-4-14-10(6)11/h1-2,7,10-11,14H,3-5H2/t7-,10+,11+/m1/s1. The lowest BCUT2D eigenvalue weighted by atomic mass is 9.90. The summed E-state index contributed by atoms with van der Waals surface area (Å²) in [6.07, 6.45) is -0.767. The van der Waals surface area contributed by atoms with Gasteiger partial charge >= 0.3 is 0 Å². The van der Waals surface area contributed by atoms with Crippen molar-refractivity contribution in [3.63, 3.8) is 0 Å². The fourth-order valence-electron chi connectivity index (χ4n) is 2.41. The van der Waals surface area contributed by atoms with Crippen LogP contribution in [0.15, 0.2) is 12.1 Å². The van der Waals surface area contributed by atoms with Gasteiger partial charge in [-0.05, 0) is 24.6 Å². The van der Waals surface area contributed by atoms with Gasteiger partial charge in [-0.1, -0.05) is 17.7 Å². The van der Waals surface area contributed by atoms with E-state index in [0.29, 0.717) is 24.7 Å². The number of fused-ring (bicyclic) bond motifs is 3. The number of hydrogen-bond acceptors (Lipinski definition) is 3. The molecule has 5 heteroatoms. The maximum atomic E-state index is 13.7. The van der Waals surface area contributed by atoms with Crippen molar-refractivity contribution in [1.82, 2.24) is 10.3 Å². The first-order valence-corrected chi connectivity index (χ1v) is 5.78. The van der Waals surface area contributed by atoms with Crippen molar-refractivity contribution in [2.24, 2.45) is 0 Å². The monoisotopic (exact) mass is 242 g/mol. The summed E-state index contributed by atoms with van der Waals surface area (Å²) in [6, 6.07) is 3.57. The van der Waals surface area contributed by atoms with Crippen molar-refractivity contribution >= 4 is 11.6 Å². The van der Waals surface area contributed by atoms with Crippen molar-refractivity contribution in [3.8, 4) is 0 Å². The molecule has 3 heterocycles. The van der Waals surface area contributed by atoms with Gasteiger partial charge in [0.15, 0.2) is 0 Å². The largest absolute Gasteiger partial charge is 0.367 e. The summed E-state index contributed by atoms with van der Waals surface area (Å²) in [5.41, 5.74) is 1.83. The van der Waals surface area contributed by atoms with Crippen LogP contribution in [0.1, 0.15) is 23.7 Å². The van der Waals surface area contributed by atoms with E-state index in [4.69, 9.17) is 16.3 Å². The molecule has 0 unspecified atom stereocenters. The van der Waals surface area contributed by atoms with Crippen molar-refractivity contribution in [1.29, 1.82) is 0 Å². The molecule has 0 aliphatic carbocycles. The molecule has 1 aromatic heterocycles. The molecule has 3 nitrogen and oxygen atoms in total. The van der Waals surface area contributed by atoms with Gasteiger partial charge < -0.3 is 10.1 Å². The van der Waals surface area contributed by atoms with Gasteiger partial charge in [0, 0.05) is 0 Å². The van der Waals surface area contributed by atoms with E-state index in [-0.39, 0.29) is 12.1 Å². The molecule has 0 radical (unpaired) electrons. The maximum absolute atomic E-state index is 13.7. The Morgan fingerprint density at radius 1 is 1.50 bits per heavy atom. The van der Waals surface area contributed by atoms with E-state index in [0.717, 1.165) is 11.3 Å². The van der Waals surface area contributed by atoms with Gasteiger partial charge in [0.05, 0.1) is 18.3 Å². The van der Waals surface area contributed by atoms with E-state index in [1.807, 2.05) is 6.07 Å². The third-order valence-electron chi connectivity index (χ3n) is 3.19. The number of halogens is 2. The normalized spacial score (nSPS) is 33.0. The summed E-state index contributed by atoms with van der Waals surface area (Å²) in [6.45, 7) is 1.02. The minimum absolute atomic E-state index is 0.0859. The number of piperidine rings is 1. The highest BCUT2D eigenvalue weighted by Crippen LogP contribution is 2.34. The highest BCUT2D eigenvalue weighted by Gasteiger charge is 2.39. The first-order valence-electron chi connectivity index (χ1n) is 5.40. The Morgan fingerprint density at radius 3 is 3.25 bits per heavy atom. The Morgan fingerprint density at radius 2 is 2.38 bits per heavy atom. The number of nitrogens with zero attached hydrogens (tertiary/aromatic N) is 1. The molecule has 16 heavy (non-hydrogen) atoms. The van der Waals surface area contributed by atoms with Gasteiger partial charge in [-0.2, -0.15) is 0 Å². The minimum Gasteiger partial charge on any atom is -0.367 e. The molecule has 0 saturated carbocycles. The molecule has 1 saturated heterocycles. The summed E-state index contributed by atoms with van der Waals surface area (Å²) >= 11 is 5.82. The van der Waals surface area contributed by atoms with Crippen molar-refractivity contribution in [2.45, 2.75) is 31.3 Å². The second-order valence-corrected chi connectivity index (χ2v) is 4.57. The summed E-state index contributed by atoms with van der Waals surface area (Å²) < 4.78 is 19.2. The van der Waals surface area contributed by atoms with Crippen LogP contribution in [0.2, 0.25) is 5.15 Å². The maximum Gasteiger partial charge on any atom is 0.129 e. The molecule has 0 bridgehead atoms. The first-order chi connectivity index (χ1) is 7.75. The number of ether oxygens (including phenoxy) is 1. The average Bonchev–Trinajstić information content (AvgIpc) is 2.28. The molecule has 0 spiro atoms. The first kappa shape index (κ1) is 10.4. The van der Waals surface area contributed by atoms with Gasteiger partial charge in [0.2, 0.25) is 0 Å². The van der Waals surface area contributed by atoms with Crippen LogP contribution in [0.4, 0.5) is 4.39 Å². The topological polar surface area (TPSA) is 34.2 Å². The van der Waals surface area contributed by atoms with Crippen LogP contribution in [0, 0.1) is 0 Å². The lowest BCUT2D eigenvalue weighted by Crippen LogP contribution is -2.48. The number of rotatable bonds is 0. The Labute approximate surface area is 98.0 Å². The van der Waals surface area contributed by atoms with E-state index in [1.54, 1.807) is 6.07 Å². The summed E-state index contributed by atoms with van der Waals surface area (Å²) in [5.74, 6) is 0. The number of alkyl halides is 1. The van der Waals surface area contributed by atoms with Crippen molar-refractivity contribution in [3.05, 3.63) is 28.5 Å². The zero-order valence-electron chi connectivity index (χ0n) is 8.62. The van der Waals surface area contributed by atoms with Crippen LogP contribution in [-0.4, -0.2) is 23.8 Å². The molecule has 2 aliphatic rings. The Hall–Kier alpha value is -0.710. The molecular weight excluding hydrogens is 231 g/mol. The average molecular weight is 243 g/mol. The minimum atomic E-state index is -0.893. The molecule has 0 aromatic carbocycles. The summed E-state index contributed by atoms with van der Waals surface area (Å²) in [7, 11) is 0. The molecule has 0 amide bonds. The molecule has 86 valence electrons. The van der Waals surface area contributed by atoms with E-state index in [9.17, 15) is 4.39 Å². The third kappa shape index (κ3) is 1.61. The number of aromatic nitrogens is 1. The van der Waals surface area contributed by atoms with Crippen molar-refractivity contribution in [2.75, 3.05) is 6.54 Å². The summed E-state index contributed by atoms with van der Waals surface area (Å²) in [5, 5.41) is 3.73. The fraction of sp³-hybridized carbons (Fsp3) is 0.545. The van der Waals surface area contributed by atoms with E-state index >= 15 is 0 Å². The van der Waals surface area contributed by atoms with Gasteiger partial charge in [-0.25, -0.2) is 9.37 Å². The quantitative estimate of drug-likeness (QED) is 0.707. The lowest BCUT2D eigenvalue weighted by Gasteiger charge is -2.39. The predicted octanol–water partition coefficient (Wildman–Crippen LogP) is 2.01. The molecule has 1 fully saturated rings. The molecular formula is C11H12ClFN2O.